The van der Waals surface area contributed by atoms with Crippen molar-refractivity contribution in [3.63, 3.8) is 0 Å². The van der Waals surface area contributed by atoms with Gasteiger partial charge in [-0.25, -0.2) is 9.97 Å². The summed E-state index contributed by atoms with van der Waals surface area (Å²) >= 11 is 0. The molecule has 6 rings (SSSR count). The third-order valence-corrected chi connectivity index (χ3v) is 7.92. The number of anilines is 1. The maximum atomic E-state index is 12.9. The molecule has 2 aromatic carbocycles. The molecule has 5 nitrogen and oxygen atoms in total. The summed E-state index contributed by atoms with van der Waals surface area (Å²) < 4.78 is 38.7. The highest BCUT2D eigenvalue weighted by Gasteiger charge is 2.45. The van der Waals surface area contributed by atoms with E-state index in [4.69, 9.17) is 0 Å². The second kappa shape index (κ2) is 8.75. The first-order valence-corrected chi connectivity index (χ1v) is 12.5. The van der Waals surface area contributed by atoms with E-state index in [1.165, 1.54) is 29.1 Å². The Morgan fingerprint density at radius 1 is 0.943 bits per heavy atom. The number of rotatable bonds is 4. The van der Waals surface area contributed by atoms with Gasteiger partial charge < -0.3 is 10.2 Å². The molecule has 0 unspecified atom stereocenters. The minimum absolute atomic E-state index is 0.253. The number of hydrogen-bond acceptors (Lipinski definition) is 5. The monoisotopic (exact) mass is 481 g/mol. The van der Waals surface area contributed by atoms with Crippen molar-refractivity contribution in [3.05, 3.63) is 65.0 Å². The Balaban J connectivity index is 1.09. The number of nitrogens with zero attached hydrogens (tertiary/aromatic N) is 4. The van der Waals surface area contributed by atoms with E-state index in [9.17, 15) is 13.2 Å². The highest BCUT2D eigenvalue weighted by molar-refractivity contribution is 5.90. The van der Waals surface area contributed by atoms with Crippen LogP contribution in [0.3, 0.4) is 0 Å². The summed E-state index contributed by atoms with van der Waals surface area (Å²) in [4.78, 5) is 13.5. The molecule has 2 saturated heterocycles. The summed E-state index contributed by atoms with van der Waals surface area (Å²) in [5.74, 6) is 0.760. The standard InChI is InChI=1S/C27H30F3N5/c28-27(29,30)13-19-2-4-24-23(12-19)25(33-18-32-24)35-16-26(17-35)6-9-34(10-7-26)15-20-1-3-22-14-31-8-5-21(22)11-20/h1-4,11-12,18,31H,5-10,13-17H2. The fraction of sp³-hybridized carbons (Fsp3) is 0.481. The van der Waals surface area contributed by atoms with Crippen molar-refractivity contribution >= 4 is 16.7 Å². The van der Waals surface area contributed by atoms with Crippen LogP contribution in [0.4, 0.5) is 19.0 Å². The number of hydrogen-bond donors (Lipinski definition) is 1. The lowest BCUT2D eigenvalue weighted by molar-refractivity contribution is -0.127. The lowest BCUT2D eigenvalue weighted by Crippen LogP contribution is -2.60. The number of halogens is 3. The zero-order valence-corrected chi connectivity index (χ0v) is 19.7. The summed E-state index contributed by atoms with van der Waals surface area (Å²) in [6.07, 6.45) is -0.255. The van der Waals surface area contributed by atoms with E-state index in [0.29, 0.717) is 10.9 Å². The van der Waals surface area contributed by atoms with Gasteiger partial charge in [-0.05, 0) is 73.3 Å². The SMILES string of the molecule is FC(F)(F)Cc1ccc2ncnc(N3CC4(CCN(Cc5ccc6c(c5)CCNC6)CC4)C3)c2c1. The van der Waals surface area contributed by atoms with Crippen LogP contribution >= 0.6 is 0 Å². The second-order valence-electron chi connectivity index (χ2n) is 10.5. The molecule has 0 atom stereocenters. The summed E-state index contributed by atoms with van der Waals surface area (Å²) in [6.45, 7) is 7.00. The molecular formula is C27H30F3N5. The van der Waals surface area contributed by atoms with Gasteiger partial charge in [-0.15, -0.1) is 0 Å². The molecule has 0 aliphatic carbocycles. The molecule has 4 heterocycles. The predicted octanol–water partition coefficient (Wildman–Crippen LogP) is 4.48. The number of piperidine rings is 1. The minimum atomic E-state index is -4.23. The number of benzene rings is 2. The van der Waals surface area contributed by atoms with Crippen molar-refractivity contribution in [1.29, 1.82) is 0 Å². The number of fused-ring (bicyclic) bond motifs is 2. The fourth-order valence-corrected chi connectivity index (χ4v) is 5.99. The van der Waals surface area contributed by atoms with Crippen LogP contribution in [0.25, 0.3) is 10.9 Å². The van der Waals surface area contributed by atoms with Crippen molar-refractivity contribution < 1.29 is 13.2 Å². The first-order chi connectivity index (χ1) is 16.9. The van der Waals surface area contributed by atoms with Crippen LogP contribution in [0, 0.1) is 5.41 Å². The topological polar surface area (TPSA) is 44.3 Å². The normalized spacial score (nSPS) is 20.1. The number of aromatic nitrogens is 2. The molecule has 0 bridgehead atoms. The van der Waals surface area contributed by atoms with E-state index in [2.05, 4.69) is 43.3 Å². The van der Waals surface area contributed by atoms with Crippen LogP contribution in [-0.2, 0) is 25.9 Å². The van der Waals surface area contributed by atoms with Crippen LogP contribution < -0.4 is 10.2 Å². The summed E-state index contributed by atoms with van der Waals surface area (Å²) in [5.41, 5.74) is 5.54. The van der Waals surface area contributed by atoms with Crippen LogP contribution in [-0.4, -0.2) is 53.8 Å². The highest BCUT2D eigenvalue weighted by atomic mass is 19.4. The molecular weight excluding hydrogens is 451 g/mol. The van der Waals surface area contributed by atoms with Gasteiger partial charge >= 0.3 is 6.18 Å². The number of alkyl halides is 3. The lowest BCUT2D eigenvalue weighted by atomic mass is 9.72. The molecule has 3 aliphatic heterocycles. The smallest absolute Gasteiger partial charge is 0.355 e. The summed E-state index contributed by atoms with van der Waals surface area (Å²) in [7, 11) is 0. The molecule has 0 radical (unpaired) electrons. The van der Waals surface area contributed by atoms with Gasteiger partial charge in [0.1, 0.15) is 12.1 Å². The summed E-state index contributed by atoms with van der Waals surface area (Å²) in [5, 5.41) is 4.15. The van der Waals surface area contributed by atoms with E-state index >= 15 is 0 Å². The van der Waals surface area contributed by atoms with Crippen LogP contribution in [0.5, 0.6) is 0 Å². The van der Waals surface area contributed by atoms with E-state index in [0.717, 1.165) is 70.9 Å². The van der Waals surface area contributed by atoms with E-state index < -0.39 is 12.6 Å². The van der Waals surface area contributed by atoms with Crippen molar-refractivity contribution in [2.75, 3.05) is 37.6 Å². The molecule has 1 spiro atoms. The van der Waals surface area contributed by atoms with Gasteiger partial charge in [0.2, 0.25) is 0 Å². The Labute approximate surface area is 203 Å². The van der Waals surface area contributed by atoms with Crippen LogP contribution in [0.15, 0.2) is 42.7 Å². The quantitative estimate of drug-likeness (QED) is 0.595. The maximum absolute atomic E-state index is 12.9. The lowest BCUT2D eigenvalue weighted by Gasteiger charge is -2.54. The van der Waals surface area contributed by atoms with Crippen LogP contribution in [0.2, 0.25) is 0 Å². The maximum Gasteiger partial charge on any atom is 0.393 e. The van der Waals surface area contributed by atoms with Gasteiger partial charge in [-0.3, -0.25) is 4.90 Å². The molecule has 3 aromatic rings. The zero-order chi connectivity index (χ0) is 24.0. The average Bonchev–Trinajstić information content (AvgIpc) is 2.82. The minimum Gasteiger partial charge on any atom is -0.355 e. The average molecular weight is 482 g/mol. The largest absolute Gasteiger partial charge is 0.393 e. The van der Waals surface area contributed by atoms with Gasteiger partial charge in [0.25, 0.3) is 0 Å². The third kappa shape index (κ3) is 4.74. The van der Waals surface area contributed by atoms with Gasteiger partial charge in [0, 0.05) is 37.0 Å². The van der Waals surface area contributed by atoms with E-state index in [-0.39, 0.29) is 11.0 Å². The number of nitrogens with one attached hydrogen (secondary N) is 1. The van der Waals surface area contributed by atoms with E-state index in [1.807, 2.05) is 0 Å². The Morgan fingerprint density at radius 3 is 2.54 bits per heavy atom. The molecule has 0 saturated carbocycles. The molecule has 0 amide bonds. The van der Waals surface area contributed by atoms with Crippen molar-refractivity contribution in [3.8, 4) is 0 Å². The number of likely N-dealkylation sites (tertiary alicyclic amines) is 1. The third-order valence-electron chi connectivity index (χ3n) is 7.92. The Morgan fingerprint density at radius 2 is 1.74 bits per heavy atom. The molecule has 1 aromatic heterocycles. The Hall–Kier alpha value is -2.71. The molecule has 35 heavy (non-hydrogen) atoms. The van der Waals surface area contributed by atoms with Crippen molar-refractivity contribution in [1.82, 2.24) is 20.2 Å². The first-order valence-electron chi connectivity index (χ1n) is 12.5. The predicted molar refractivity (Wildman–Crippen MR) is 130 cm³/mol. The molecule has 2 fully saturated rings. The second-order valence-corrected chi connectivity index (χ2v) is 10.5. The Bertz CT molecular complexity index is 1230. The summed E-state index contributed by atoms with van der Waals surface area (Å²) in [6, 6.07) is 11.7. The first kappa shape index (κ1) is 22.7. The van der Waals surface area contributed by atoms with E-state index in [1.54, 1.807) is 12.1 Å². The van der Waals surface area contributed by atoms with Gasteiger partial charge in [-0.2, -0.15) is 13.2 Å². The molecule has 1 N–H and O–H groups in total. The molecule has 8 heteroatoms. The fourth-order valence-electron chi connectivity index (χ4n) is 5.99. The molecule has 3 aliphatic rings. The highest BCUT2D eigenvalue weighted by Crippen LogP contribution is 2.43. The van der Waals surface area contributed by atoms with Gasteiger partial charge in [0.05, 0.1) is 11.9 Å². The van der Waals surface area contributed by atoms with Crippen molar-refractivity contribution in [2.24, 2.45) is 5.41 Å². The molecule has 184 valence electrons. The van der Waals surface area contributed by atoms with Crippen molar-refractivity contribution in [2.45, 2.75) is 44.9 Å². The zero-order valence-electron chi connectivity index (χ0n) is 19.7. The van der Waals surface area contributed by atoms with Gasteiger partial charge in [-0.1, -0.05) is 24.3 Å². The van der Waals surface area contributed by atoms with Crippen LogP contribution in [0.1, 0.15) is 35.1 Å². The van der Waals surface area contributed by atoms with Gasteiger partial charge in [0.15, 0.2) is 0 Å². The Kier molecular flexibility index (Phi) is 5.68.